The summed E-state index contributed by atoms with van der Waals surface area (Å²) in [7, 11) is 0. The number of benzene rings is 1. The summed E-state index contributed by atoms with van der Waals surface area (Å²) in [5.74, 6) is -2.51. The molecule has 16 heavy (non-hydrogen) atoms. The monoisotopic (exact) mass is 246 g/mol. The van der Waals surface area contributed by atoms with E-state index in [1.165, 1.54) is 0 Å². The number of rotatable bonds is 3. The van der Waals surface area contributed by atoms with E-state index in [0.717, 1.165) is 12.1 Å². The molecule has 0 aliphatic carbocycles. The number of Topliss-reactive ketones (excluding diaryl/α,β-unsaturated/α-hetero) is 1. The zero-order valence-corrected chi connectivity index (χ0v) is 10.1. The normalized spacial score (nSPS) is 12.9. The second kappa shape index (κ2) is 4.91. The Bertz CT molecular complexity index is 416. The van der Waals surface area contributed by atoms with Crippen molar-refractivity contribution in [2.45, 2.75) is 20.8 Å². The van der Waals surface area contributed by atoms with Gasteiger partial charge in [0, 0.05) is 11.5 Å². The van der Waals surface area contributed by atoms with E-state index in [1.807, 2.05) is 13.8 Å². The van der Waals surface area contributed by atoms with E-state index in [9.17, 15) is 13.6 Å². The molecule has 0 aliphatic rings. The molecule has 1 unspecified atom stereocenters. The van der Waals surface area contributed by atoms with E-state index in [2.05, 4.69) is 0 Å². The maximum absolute atomic E-state index is 13.0. The summed E-state index contributed by atoms with van der Waals surface area (Å²) in [4.78, 5) is 11.9. The Kier molecular flexibility index (Phi) is 4.03. The summed E-state index contributed by atoms with van der Waals surface area (Å²) >= 11 is 5.72. The maximum Gasteiger partial charge on any atom is 0.167 e. The second-order valence-electron chi connectivity index (χ2n) is 4.14. The van der Waals surface area contributed by atoms with Crippen LogP contribution in [-0.4, -0.2) is 5.78 Å². The van der Waals surface area contributed by atoms with Gasteiger partial charge >= 0.3 is 0 Å². The van der Waals surface area contributed by atoms with Crippen LogP contribution in [0.25, 0.3) is 0 Å². The van der Waals surface area contributed by atoms with Crippen molar-refractivity contribution in [3.63, 3.8) is 0 Å². The van der Waals surface area contributed by atoms with E-state index >= 15 is 0 Å². The number of carbonyl (C=O) groups excluding carboxylic acids is 1. The molecule has 0 radical (unpaired) electrons. The molecule has 0 bridgehead atoms. The lowest BCUT2D eigenvalue weighted by atomic mass is 9.90. The molecule has 1 aromatic carbocycles. The molecule has 4 heteroatoms. The van der Waals surface area contributed by atoms with Crippen molar-refractivity contribution in [1.82, 2.24) is 0 Å². The van der Waals surface area contributed by atoms with Crippen LogP contribution in [0.2, 0.25) is 5.02 Å². The molecule has 1 aromatic rings. The fraction of sp³-hybridized carbons (Fsp3) is 0.417. The number of hydrogen-bond acceptors (Lipinski definition) is 1. The molecule has 1 rings (SSSR count). The third kappa shape index (κ3) is 2.59. The molecular weight excluding hydrogens is 234 g/mol. The molecule has 0 aliphatic heterocycles. The van der Waals surface area contributed by atoms with Gasteiger partial charge in [0.15, 0.2) is 17.4 Å². The third-order valence-electron chi connectivity index (χ3n) is 2.69. The van der Waals surface area contributed by atoms with Crippen molar-refractivity contribution in [3.05, 3.63) is 34.4 Å². The Labute approximate surface area is 98.4 Å². The van der Waals surface area contributed by atoms with Gasteiger partial charge in [-0.2, -0.15) is 0 Å². The van der Waals surface area contributed by atoms with Crippen LogP contribution in [-0.2, 0) is 0 Å². The minimum Gasteiger partial charge on any atom is -0.294 e. The van der Waals surface area contributed by atoms with Crippen LogP contribution in [0.4, 0.5) is 8.78 Å². The molecule has 0 N–H and O–H groups in total. The average Bonchev–Trinajstić information content (AvgIpc) is 2.21. The fourth-order valence-corrected chi connectivity index (χ4v) is 1.50. The van der Waals surface area contributed by atoms with E-state index in [1.54, 1.807) is 6.92 Å². The number of carbonyl (C=O) groups is 1. The lowest BCUT2D eigenvalue weighted by molar-refractivity contribution is 0.0899. The van der Waals surface area contributed by atoms with E-state index in [-0.39, 0.29) is 28.2 Å². The van der Waals surface area contributed by atoms with Crippen LogP contribution in [0.3, 0.4) is 0 Å². The zero-order chi connectivity index (χ0) is 12.5. The molecule has 1 atom stereocenters. The van der Waals surface area contributed by atoms with Crippen molar-refractivity contribution in [1.29, 1.82) is 0 Å². The van der Waals surface area contributed by atoms with Crippen molar-refractivity contribution >= 4 is 17.4 Å². The molecule has 0 aromatic heterocycles. The van der Waals surface area contributed by atoms with Gasteiger partial charge in [0.1, 0.15) is 0 Å². The number of halogens is 3. The summed E-state index contributed by atoms with van der Waals surface area (Å²) in [6.07, 6.45) is 0. The topological polar surface area (TPSA) is 17.1 Å². The molecule has 0 amide bonds. The van der Waals surface area contributed by atoms with E-state index in [0.29, 0.717) is 0 Å². The third-order valence-corrected chi connectivity index (χ3v) is 3.00. The first-order valence-corrected chi connectivity index (χ1v) is 5.41. The van der Waals surface area contributed by atoms with E-state index in [4.69, 9.17) is 11.6 Å². The standard InChI is InChI=1S/C12H13ClF2O/c1-6(2)7(3)12(16)8-4-10(14)11(15)5-9(8)13/h4-7H,1-3H3. The highest BCUT2D eigenvalue weighted by Gasteiger charge is 2.22. The van der Waals surface area contributed by atoms with Crippen molar-refractivity contribution < 1.29 is 13.6 Å². The molecule has 88 valence electrons. The molecule has 0 saturated carbocycles. The molecule has 0 saturated heterocycles. The second-order valence-corrected chi connectivity index (χ2v) is 4.55. The first kappa shape index (κ1) is 13.1. The predicted molar refractivity (Wildman–Crippen MR) is 59.7 cm³/mol. The minimum atomic E-state index is -1.05. The summed E-state index contributed by atoms with van der Waals surface area (Å²) < 4.78 is 25.8. The predicted octanol–water partition coefficient (Wildman–Crippen LogP) is 4.09. The van der Waals surface area contributed by atoms with Gasteiger partial charge in [0.05, 0.1) is 5.02 Å². The highest BCUT2D eigenvalue weighted by atomic mass is 35.5. The highest BCUT2D eigenvalue weighted by molar-refractivity contribution is 6.34. The molecular formula is C12H13ClF2O. The highest BCUT2D eigenvalue weighted by Crippen LogP contribution is 2.25. The smallest absolute Gasteiger partial charge is 0.167 e. The van der Waals surface area contributed by atoms with Crippen molar-refractivity contribution in [2.75, 3.05) is 0 Å². The summed E-state index contributed by atoms with van der Waals surface area (Å²) in [6.45, 7) is 5.51. The van der Waals surface area contributed by atoms with Crippen LogP contribution in [0.5, 0.6) is 0 Å². The van der Waals surface area contributed by atoms with Gasteiger partial charge in [-0.05, 0) is 18.1 Å². The quantitative estimate of drug-likeness (QED) is 0.580. The van der Waals surface area contributed by atoms with E-state index < -0.39 is 11.6 Å². The number of hydrogen-bond donors (Lipinski definition) is 0. The summed E-state index contributed by atoms with van der Waals surface area (Å²) in [5.41, 5.74) is 0.0433. The SMILES string of the molecule is CC(C)C(C)C(=O)c1cc(F)c(F)cc1Cl. The van der Waals surface area contributed by atoms with Gasteiger partial charge in [0.25, 0.3) is 0 Å². The largest absolute Gasteiger partial charge is 0.294 e. The molecule has 1 nitrogen and oxygen atoms in total. The Morgan fingerprint density at radius 3 is 2.19 bits per heavy atom. The first-order valence-electron chi connectivity index (χ1n) is 5.03. The Balaban J connectivity index is 3.14. The summed E-state index contributed by atoms with van der Waals surface area (Å²) in [5, 5.41) is -0.0450. The Hall–Kier alpha value is -0.960. The first-order chi connectivity index (χ1) is 7.34. The molecule has 0 heterocycles. The van der Waals surface area contributed by atoms with Crippen LogP contribution in [0, 0.1) is 23.5 Å². The average molecular weight is 247 g/mol. The molecule has 0 spiro atoms. The Morgan fingerprint density at radius 2 is 1.69 bits per heavy atom. The Morgan fingerprint density at radius 1 is 1.19 bits per heavy atom. The summed E-state index contributed by atoms with van der Waals surface area (Å²) in [6, 6.07) is 1.69. The van der Waals surface area contributed by atoms with Crippen LogP contribution >= 0.6 is 11.6 Å². The van der Waals surface area contributed by atoms with Gasteiger partial charge in [-0.3, -0.25) is 4.79 Å². The lowest BCUT2D eigenvalue weighted by Gasteiger charge is -2.15. The van der Waals surface area contributed by atoms with Gasteiger partial charge in [-0.15, -0.1) is 0 Å². The van der Waals surface area contributed by atoms with Crippen LogP contribution in [0.1, 0.15) is 31.1 Å². The zero-order valence-electron chi connectivity index (χ0n) is 9.35. The fourth-order valence-electron chi connectivity index (χ4n) is 1.26. The van der Waals surface area contributed by atoms with Crippen molar-refractivity contribution in [3.8, 4) is 0 Å². The minimum absolute atomic E-state index is 0.0433. The van der Waals surface area contributed by atoms with Gasteiger partial charge in [-0.1, -0.05) is 32.4 Å². The molecule has 0 fully saturated rings. The van der Waals surface area contributed by atoms with Crippen LogP contribution < -0.4 is 0 Å². The number of ketones is 1. The van der Waals surface area contributed by atoms with Gasteiger partial charge < -0.3 is 0 Å². The van der Waals surface area contributed by atoms with Crippen molar-refractivity contribution in [2.24, 2.45) is 11.8 Å². The maximum atomic E-state index is 13.0. The lowest BCUT2D eigenvalue weighted by Crippen LogP contribution is -2.17. The van der Waals surface area contributed by atoms with Crippen LogP contribution in [0.15, 0.2) is 12.1 Å². The van der Waals surface area contributed by atoms with Gasteiger partial charge in [-0.25, -0.2) is 8.78 Å². The van der Waals surface area contributed by atoms with Gasteiger partial charge in [0.2, 0.25) is 0 Å².